The zero-order valence-corrected chi connectivity index (χ0v) is 18.6. The van der Waals surface area contributed by atoms with Gasteiger partial charge in [-0.25, -0.2) is 9.59 Å². The molecular formula is C22H30N2O8. The van der Waals surface area contributed by atoms with E-state index in [1.54, 1.807) is 19.3 Å². The van der Waals surface area contributed by atoms with Gasteiger partial charge in [-0.3, -0.25) is 4.98 Å². The predicted octanol–water partition coefficient (Wildman–Crippen LogP) is 2.62. The van der Waals surface area contributed by atoms with E-state index in [1.807, 2.05) is 26.1 Å². The van der Waals surface area contributed by atoms with Gasteiger partial charge in [-0.05, 0) is 50.1 Å². The predicted molar refractivity (Wildman–Crippen MR) is 113 cm³/mol. The first-order valence-electron chi connectivity index (χ1n) is 9.78. The first-order valence-corrected chi connectivity index (χ1v) is 9.78. The lowest BCUT2D eigenvalue weighted by Crippen LogP contribution is -2.15. The number of nitrogens with one attached hydrogen (secondary N) is 1. The van der Waals surface area contributed by atoms with Crippen LogP contribution < -0.4 is 5.32 Å². The Kier molecular flexibility index (Phi) is 19.3. The van der Waals surface area contributed by atoms with Crippen LogP contribution in [0.1, 0.15) is 57.9 Å². The molecular weight excluding hydrogens is 420 g/mol. The average molecular weight is 450 g/mol. The van der Waals surface area contributed by atoms with Gasteiger partial charge in [0.1, 0.15) is 0 Å². The summed E-state index contributed by atoms with van der Waals surface area (Å²) in [6.45, 7) is 8.52. The summed E-state index contributed by atoms with van der Waals surface area (Å²) in [6, 6.07) is 1.81. The highest BCUT2D eigenvalue weighted by Gasteiger charge is 2.14. The van der Waals surface area contributed by atoms with E-state index in [0.717, 1.165) is 18.4 Å². The number of aromatic nitrogens is 1. The Balaban J connectivity index is -0.000000430. The molecule has 0 radical (unpaired) electrons. The van der Waals surface area contributed by atoms with Crippen molar-refractivity contribution in [3.63, 3.8) is 0 Å². The third-order valence-electron chi connectivity index (χ3n) is 3.67. The summed E-state index contributed by atoms with van der Waals surface area (Å²) >= 11 is 0. The number of rotatable bonds is 6. The molecule has 1 aliphatic rings. The summed E-state index contributed by atoms with van der Waals surface area (Å²) in [5.74, 6) is -0.514. The SMILES string of the molecule is CCOC(=O)C1=CNC=C(CC)C1.CCOC(=O)c1cncc(CC)c1.O=C=O.O=C=O.[HH]. The van der Waals surface area contributed by atoms with Gasteiger partial charge in [0, 0.05) is 26.4 Å². The minimum absolute atomic E-state index is 0. The van der Waals surface area contributed by atoms with Crippen LogP contribution in [0.15, 0.2) is 42.0 Å². The van der Waals surface area contributed by atoms with E-state index in [4.69, 9.17) is 28.7 Å². The normalized spacial score (nSPS) is 10.8. The first kappa shape index (κ1) is 30.3. The number of hydrogen-bond acceptors (Lipinski definition) is 10. The summed E-state index contributed by atoms with van der Waals surface area (Å²) in [5.41, 5.74) is 3.51. The van der Waals surface area contributed by atoms with Crippen molar-refractivity contribution in [2.45, 2.75) is 47.0 Å². The summed E-state index contributed by atoms with van der Waals surface area (Å²) in [6.07, 6.45) is 9.96. The lowest BCUT2D eigenvalue weighted by Gasteiger charge is -2.13. The lowest BCUT2D eigenvalue weighted by atomic mass is 10.0. The van der Waals surface area contributed by atoms with Crippen molar-refractivity contribution in [2.24, 2.45) is 0 Å². The molecule has 1 N–H and O–H groups in total. The van der Waals surface area contributed by atoms with Crippen LogP contribution in [-0.2, 0) is 39.9 Å². The van der Waals surface area contributed by atoms with Crippen LogP contribution in [0, 0.1) is 0 Å². The molecule has 10 heteroatoms. The summed E-state index contributed by atoms with van der Waals surface area (Å²) in [5, 5.41) is 2.95. The van der Waals surface area contributed by atoms with Crippen LogP contribution in [0.3, 0.4) is 0 Å². The fraction of sp³-hybridized carbons (Fsp3) is 0.409. The number of ether oxygens (including phenoxy) is 2. The van der Waals surface area contributed by atoms with Gasteiger partial charge >= 0.3 is 24.2 Å². The highest BCUT2D eigenvalue weighted by atomic mass is 16.5. The van der Waals surface area contributed by atoms with E-state index in [1.165, 1.54) is 11.8 Å². The summed E-state index contributed by atoms with van der Waals surface area (Å²) in [4.78, 5) is 59.0. The number of aryl methyl sites for hydroxylation is 1. The number of hydrogen-bond donors (Lipinski definition) is 1. The van der Waals surface area contributed by atoms with Gasteiger partial charge in [-0.1, -0.05) is 13.8 Å². The second-order valence-corrected chi connectivity index (χ2v) is 5.71. The molecule has 1 aromatic rings. The molecule has 0 saturated heterocycles. The van der Waals surface area contributed by atoms with Crippen molar-refractivity contribution in [2.75, 3.05) is 13.2 Å². The number of dihydropyridines is 1. The van der Waals surface area contributed by atoms with Gasteiger partial charge in [0.15, 0.2) is 0 Å². The Morgan fingerprint density at radius 3 is 2.00 bits per heavy atom. The van der Waals surface area contributed by atoms with Gasteiger partial charge in [0.25, 0.3) is 0 Å². The Morgan fingerprint density at radius 1 is 0.938 bits per heavy atom. The molecule has 176 valence electrons. The molecule has 10 nitrogen and oxygen atoms in total. The van der Waals surface area contributed by atoms with E-state index in [-0.39, 0.29) is 25.7 Å². The van der Waals surface area contributed by atoms with Crippen LogP contribution in [0.25, 0.3) is 0 Å². The topological polar surface area (TPSA) is 146 Å². The van der Waals surface area contributed by atoms with Crippen LogP contribution in [0.4, 0.5) is 0 Å². The smallest absolute Gasteiger partial charge is 0.373 e. The standard InChI is InChI=1S/C10H15NO2.C10H13NO2.2CO2.H2/c2*1-3-8-5-9(7-11-6-8)10(12)13-4-2;2*2-1-3;/h6-7,11H,3-5H2,1-2H3;5-7H,3-4H2,1-2H3;;;1H. The molecule has 1 aromatic heterocycles. The number of nitrogens with zero attached hydrogens (tertiary/aromatic N) is 1. The van der Waals surface area contributed by atoms with E-state index in [2.05, 4.69) is 17.2 Å². The molecule has 0 atom stereocenters. The van der Waals surface area contributed by atoms with Gasteiger partial charge in [0.05, 0.1) is 24.4 Å². The third-order valence-corrected chi connectivity index (χ3v) is 3.67. The van der Waals surface area contributed by atoms with Crippen LogP contribution in [0.2, 0.25) is 0 Å². The Bertz CT molecular complexity index is 829. The molecule has 0 spiro atoms. The second kappa shape index (κ2) is 20.4. The third kappa shape index (κ3) is 14.2. The largest absolute Gasteiger partial charge is 0.463 e. The van der Waals surface area contributed by atoms with Crippen molar-refractivity contribution in [3.8, 4) is 0 Å². The van der Waals surface area contributed by atoms with Crippen molar-refractivity contribution < 1.29 is 39.7 Å². The summed E-state index contributed by atoms with van der Waals surface area (Å²) in [7, 11) is 0. The number of pyridine rings is 1. The molecule has 0 bridgehead atoms. The van der Waals surface area contributed by atoms with Crippen molar-refractivity contribution in [1.29, 1.82) is 0 Å². The number of allylic oxidation sites excluding steroid dienone is 1. The fourth-order valence-corrected chi connectivity index (χ4v) is 2.20. The quantitative estimate of drug-likeness (QED) is 0.642. The Hall–Kier alpha value is -3.87. The maximum Gasteiger partial charge on any atom is 0.373 e. The van der Waals surface area contributed by atoms with Gasteiger partial charge in [-0.15, -0.1) is 0 Å². The van der Waals surface area contributed by atoms with Crippen LogP contribution >= 0.6 is 0 Å². The molecule has 0 unspecified atom stereocenters. The molecule has 32 heavy (non-hydrogen) atoms. The average Bonchev–Trinajstić information content (AvgIpc) is 2.81. The molecule has 0 fully saturated rings. The number of carbonyl (C=O) groups is 2. The maximum atomic E-state index is 11.3. The monoisotopic (exact) mass is 450 g/mol. The van der Waals surface area contributed by atoms with E-state index in [9.17, 15) is 9.59 Å². The maximum absolute atomic E-state index is 11.3. The van der Waals surface area contributed by atoms with E-state index in [0.29, 0.717) is 30.8 Å². The Morgan fingerprint density at radius 2 is 1.50 bits per heavy atom. The zero-order valence-electron chi connectivity index (χ0n) is 18.6. The molecule has 2 heterocycles. The minimum atomic E-state index is -0.301. The Labute approximate surface area is 188 Å². The zero-order chi connectivity index (χ0) is 24.8. The molecule has 0 saturated carbocycles. The molecule has 0 amide bonds. The van der Waals surface area contributed by atoms with Crippen molar-refractivity contribution in [1.82, 2.24) is 10.3 Å². The highest BCUT2D eigenvalue weighted by Crippen LogP contribution is 2.17. The molecule has 0 aromatic carbocycles. The number of esters is 2. The van der Waals surface area contributed by atoms with Crippen molar-refractivity contribution >= 4 is 24.2 Å². The lowest BCUT2D eigenvalue weighted by molar-refractivity contribution is -0.193. The fourth-order valence-electron chi connectivity index (χ4n) is 2.20. The van der Waals surface area contributed by atoms with E-state index < -0.39 is 0 Å². The van der Waals surface area contributed by atoms with Crippen molar-refractivity contribution in [3.05, 3.63) is 53.1 Å². The van der Waals surface area contributed by atoms with Gasteiger partial charge in [-0.2, -0.15) is 19.2 Å². The van der Waals surface area contributed by atoms with Crippen LogP contribution in [0.5, 0.6) is 0 Å². The van der Waals surface area contributed by atoms with E-state index >= 15 is 0 Å². The van der Waals surface area contributed by atoms with Crippen LogP contribution in [-0.4, -0.2) is 42.4 Å². The highest BCUT2D eigenvalue weighted by molar-refractivity contribution is 5.89. The minimum Gasteiger partial charge on any atom is -0.463 e. The second-order valence-electron chi connectivity index (χ2n) is 5.71. The summed E-state index contributed by atoms with van der Waals surface area (Å²) < 4.78 is 9.75. The number of carbonyl (C=O) groups excluding carboxylic acids is 6. The van der Waals surface area contributed by atoms with Gasteiger partial charge < -0.3 is 14.8 Å². The van der Waals surface area contributed by atoms with Gasteiger partial charge in [0.2, 0.25) is 0 Å². The first-order chi connectivity index (χ1) is 15.4. The molecule has 2 rings (SSSR count). The molecule has 1 aliphatic heterocycles. The molecule has 0 aliphatic carbocycles.